The van der Waals surface area contributed by atoms with E-state index in [0.717, 1.165) is 24.0 Å². The van der Waals surface area contributed by atoms with Gasteiger partial charge < -0.3 is 0 Å². The molecule has 1 heteroatoms. The van der Waals surface area contributed by atoms with E-state index in [2.05, 4.69) is 17.8 Å². The second kappa shape index (κ2) is 4.21. The standard InChI is InChI=1S/C11H8O/c1-2-10-7-5-8-11(10)6-3-4-9-12/h1,6-7,9H,5,8H2/b11-6-. The lowest BCUT2D eigenvalue weighted by atomic mass is 10.1. The van der Waals surface area contributed by atoms with Crippen molar-refractivity contribution < 1.29 is 4.79 Å². The van der Waals surface area contributed by atoms with Gasteiger partial charge in [0.15, 0.2) is 6.29 Å². The first-order chi connectivity index (χ1) is 5.88. The molecular formula is C11H8O. The molecule has 0 bridgehead atoms. The summed E-state index contributed by atoms with van der Waals surface area (Å²) in [6.07, 6.45) is 11.5. The van der Waals surface area contributed by atoms with E-state index in [4.69, 9.17) is 6.42 Å². The summed E-state index contributed by atoms with van der Waals surface area (Å²) in [4.78, 5) is 9.87. The first-order valence-corrected chi connectivity index (χ1v) is 3.69. The van der Waals surface area contributed by atoms with Crippen molar-refractivity contribution in [2.75, 3.05) is 0 Å². The monoisotopic (exact) mass is 156 g/mol. The lowest BCUT2D eigenvalue weighted by Gasteiger charge is -1.92. The molecule has 1 rings (SSSR count). The summed E-state index contributed by atoms with van der Waals surface area (Å²) in [5, 5.41) is 0. The average Bonchev–Trinajstić information content (AvgIpc) is 2.52. The second-order valence-corrected chi connectivity index (χ2v) is 2.38. The highest BCUT2D eigenvalue weighted by molar-refractivity contribution is 5.73. The third-order valence-electron chi connectivity index (χ3n) is 1.65. The maximum absolute atomic E-state index is 9.87. The molecule has 0 amide bonds. The zero-order chi connectivity index (χ0) is 8.81. The van der Waals surface area contributed by atoms with Gasteiger partial charge in [0.2, 0.25) is 0 Å². The molecule has 0 aromatic rings. The predicted octanol–water partition coefficient (Wildman–Crippen LogP) is 1.47. The first kappa shape index (κ1) is 8.37. The molecular weight excluding hydrogens is 148 g/mol. The van der Waals surface area contributed by atoms with Crippen LogP contribution in [-0.2, 0) is 4.79 Å². The fourth-order valence-corrected chi connectivity index (χ4v) is 1.10. The van der Waals surface area contributed by atoms with E-state index in [9.17, 15) is 4.79 Å². The van der Waals surface area contributed by atoms with E-state index in [1.807, 2.05) is 6.08 Å². The lowest BCUT2D eigenvalue weighted by molar-refractivity contribution is -0.103. The Hall–Kier alpha value is -1.73. The van der Waals surface area contributed by atoms with Crippen molar-refractivity contribution in [3.8, 4) is 24.2 Å². The normalized spacial score (nSPS) is 17.6. The molecule has 0 aliphatic heterocycles. The highest BCUT2D eigenvalue weighted by Crippen LogP contribution is 2.23. The van der Waals surface area contributed by atoms with Gasteiger partial charge in [0.1, 0.15) is 0 Å². The molecule has 0 heterocycles. The minimum absolute atomic E-state index is 0.575. The van der Waals surface area contributed by atoms with E-state index in [-0.39, 0.29) is 0 Å². The molecule has 58 valence electrons. The Kier molecular flexibility index (Phi) is 2.94. The number of rotatable bonds is 0. The van der Waals surface area contributed by atoms with Crippen LogP contribution in [0.1, 0.15) is 12.8 Å². The lowest BCUT2D eigenvalue weighted by Crippen LogP contribution is -1.77. The van der Waals surface area contributed by atoms with Crippen LogP contribution in [0.2, 0.25) is 0 Å². The topological polar surface area (TPSA) is 17.1 Å². The Morgan fingerprint density at radius 1 is 1.50 bits per heavy atom. The van der Waals surface area contributed by atoms with Gasteiger partial charge in [-0.05, 0) is 30.4 Å². The number of hydrogen-bond acceptors (Lipinski definition) is 1. The van der Waals surface area contributed by atoms with Crippen molar-refractivity contribution in [2.45, 2.75) is 12.8 Å². The van der Waals surface area contributed by atoms with Crippen molar-refractivity contribution in [3.63, 3.8) is 0 Å². The Balaban J connectivity index is 2.78. The SMILES string of the molecule is C#CC1=CCC/C1=C/C#CC=O. The molecule has 1 aliphatic carbocycles. The fraction of sp³-hybridized carbons (Fsp3) is 0.182. The zero-order valence-electron chi connectivity index (χ0n) is 6.63. The molecule has 0 aromatic carbocycles. The van der Waals surface area contributed by atoms with E-state index in [0.29, 0.717) is 6.29 Å². The molecule has 0 saturated heterocycles. The van der Waals surface area contributed by atoms with Gasteiger partial charge in [-0.3, -0.25) is 4.79 Å². The zero-order valence-corrected chi connectivity index (χ0v) is 6.63. The van der Waals surface area contributed by atoms with Crippen LogP contribution in [0, 0.1) is 24.2 Å². The third-order valence-corrected chi connectivity index (χ3v) is 1.65. The second-order valence-electron chi connectivity index (χ2n) is 2.38. The molecule has 0 saturated carbocycles. The largest absolute Gasteiger partial charge is 0.289 e. The summed E-state index contributed by atoms with van der Waals surface area (Å²) in [5.41, 5.74) is 1.97. The van der Waals surface area contributed by atoms with Crippen molar-refractivity contribution >= 4 is 6.29 Å². The smallest absolute Gasteiger partial charge is 0.193 e. The van der Waals surface area contributed by atoms with Gasteiger partial charge in [0.05, 0.1) is 0 Å². The molecule has 0 radical (unpaired) electrons. The Morgan fingerprint density at radius 2 is 2.33 bits per heavy atom. The van der Waals surface area contributed by atoms with Gasteiger partial charge in [-0.1, -0.05) is 17.9 Å². The Bertz CT molecular complexity index is 339. The summed E-state index contributed by atoms with van der Waals surface area (Å²) < 4.78 is 0. The summed E-state index contributed by atoms with van der Waals surface area (Å²) in [6.45, 7) is 0. The third kappa shape index (κ3) is 1.87. The van der Waals surface area contributed by atoms with Gasteiger partial charge in [0.25, 0.3) is 0 Å². The first-order valence-electron chi connectivity index (χ1n) is 3.69. The maximum atomic E-state index is 9.87. The molecule has 0 fully saturated rings. The molecule has 0 spiro atoms. The predicted molar refractivity (Wildman–Crippen MR) is 48.1 cm³/mol. The van der Waals surface area contributed by atoms with Gasteiger partial charge in [0, 0.05) is 5.57 Å². The van der Waals surface area contributed by atoms with E-state index >= 15 is 0 Å². The van der Waals surface area contributed by atoms with Crippen molar-refractivity contribution in [1.82, 2.24) is 0 Å². The summed E-state index contributed by atoms with van der Waals surface area (Å²) in [5.74, 6) is 7.52. The molecule has 1 aliphatic rings. The van der Waals surface area contributed by atoms with Gasteiger partial charge in [-0.2, -0.15) is 0 Å². The molecule has 0 N–H and O–H groups in total. The number of aldehydes is 1. The molecule has 1 nitrogen and oxygen atoms in total. The van der Waals surface area contributed by atoms with Crippen LogP contribution >= 0.6 is 0 Å². The van der Waals surface area contributed by atoms with Crippen LogP contribution in [0.4, 0.5) is 0 Å². The van der Waals surface area contributed by atoms with Crippen molar-refractivity contribution in [3.05, 3.63) is 23.3 Å². The quantitative estimate of drug-likeness (QED) is 0.383. The molecule has 0 unspecified atom stereocenters. The van der Waals surface area contributed by atoms with Crippen LogP contribution in [0.5, 0.6) is 0 Å². The Labute approximate surface area is 72.2 Å². The van der Waals surface area contributed by atoms with Crippen molar-refractivity contribution in [1.29, 1.82) is 0 Å². The van der Waals surface area contributed by atoms with E-state index in [1.165, 1.54) is 0 Å². The number of carbonyl (C=O) groups is 1. The van der Waals surface area contributed by atoms with Crippen LogP contribution in [-0.4, -0.2) is 6.29 Å². The minimum atomic E-state index is 0.575. The van der Waals surface area contributed by atoms with E-state index in [1.54, 1.807) is 6.08 Å². The Morgan fingerprint density at radius 3 is 3.00 bits per heavy atom. The van der Waals surface area contributed by atoms with Crippen LogP contribution in [0.15, 0.2) is 23.3 Å². The maximum Gasteiger partial charge on any atom is 0.193 e. The number of allylic oxidation sites excluding steroid dienone is 4. The molecule has 0 atom stereocenters. The van der Waals surface area contributed by atoms with Crippen molar-refractivity contribution in [2.24, 2.45) is 0 Å². The number of hydrogen-bond donors (Lipinski definition) is 0. The number of carbonyl (C=O) groups excluding carboxylic acids is 1. The summed E-state index contributed by atoms with van der Waals surface area (Å²) >= 11 is 0. The van der Waals surface area contributed by atoms with Crippen LogP contribution in [0.3, 0.4) is 0 Å². The highest BCUT2D eigenvalue weighted by atomic mass is 16.1. The van der Waals surface area contributed by atoms with Gasteiger partial charge in [-0.25, -0.2) is 0 Å². The highest BCUT2D eigenvalue weighted by Gasteiger charge is 2.07. The van der Waals surface area contributed by atoms with Gasteiger partial charge >= 0.3 is 0 Å². The van der Waals surface area contributed by atoms with E-state index < -0.39 is 0 Å². The number of terminal acetylenes is 1. The fourth-order valence-electron chi connectivity index (χ4n) is 1.10. The molecule has 12 heavy (non-hydrogen) atoms. The minimum Gasteiger partial charge on any atom is -0.289 e. The van der Waals surface area contributed by atoms with Gasteiger partial charge in [-0.15, -0.1) is 6.42 Å². The summed E-state index contributed by atoms with van der Waals surface area (Å²) in [7, 11) is 0. The average molecular weight is 156 g/mol. The molecule has 0 aromatic heterocycles. The van der Waals surface area contributed by atoms with Crippen LogP contribution < -0.4 is 0 Å². The van der Waals surface area contributed by atoms with Crippen LogP contribution in [0.25, 0.3) is 0 Å². The summed E-state index contributed by atoms with van der Waals surface area (Å²) in [6, 6.07) is 0.